The first kappa shape index (κ1) is 21.2. The maximum Gasteiger partial charge on any atom is 0.357 e. The number of hydrogen-bond acceptors (Lipinski definition) is 2. The Bertz CT molecular complexity index is 736. The van der Waals surface area contributed by atoms with Gasteiger partial charge in [0.15, 0.2) is 11.5 Å². The van der Waals surface area contributed by atoms with Gasteiger partial charge < -0.3 is 9.72 Å². The molecule has 0 unspecified atom stereocenters. The quantitative estimate of drug-likeness (QED) is 0.356. The van der Waals surface area contributed by atoms with Gasteiger partial charge in [0, 0.05) is 11.8 Å². The minimum Gasteiger partial charge on any atom is -0.461 e. The third-order valence-corrected chi connectivity index (χ3v) is 5.08. The van der Waals surface area contributed by atoms with E-state index >= 15 is 0 Å². The fraction of sp³-hybridized carbons (Fsp3) is 0.522. The maximum atomic E-state index is 14.7. The average Bonchev–Trinajstić information content (AvgIpc) is 3.04. The number of esters is 1. The van der Waals surface area contributed by atoms with Crippen molar-refractivity contribution >= 4 is 5.97 Å². The van der Waals surface area contributed by atoms with Crippen molar-refractivity contribution in [3.8, 4) is 11.1 Å². The largest absolute Gasteiger partial charge is 0.461 e. The van der Waals surface area contributed by atoms with E-state index in [0.29, 0.717) is 5.56 Å². The third-order valence-electron chi connectivity index (χ3n) is 5.08. The monoisotopic (exact) mass is 373 g/mol. The summed E-state index contributed by atoms with van der Waals surface area (Å²) in [5.41, 5.74) is 3.48. The van der Waals surface area contributed by atoms with Gasteiger partial charge in [-0.1, -0.05) is 63.6 Å². The highest BCUT2D eigenvalue weighted by molar-refractivity contribution is 5.90. The molecule has 0 saturated carbocycles. The summed E-state index contributed by atoms with van der Waals surface area (Å²) in [6, 6.07) is 5.99. The van der Waals surface area contributed by atoms with Crippen LogP contribution in [0.4, 0.5) is 4.39 Å². The molecule has 1 aromatic heterocycles. The number of unbranched alkanes of at least 4 members (excludes halogenated alkanes) is 6. The van der Waals surface area contributed by atoms with Gasteiger partial charge in [-0.3, -0.25) is 0 Å². The first-order valence-electron chi connectivity index (χ1n) is 10.2. The number of aromatic amines is 1. The fourth-order valence-electron chi connectivity index (χ4n) is 3.47. The lowest BCUT2D eigenvalue weighted by molar-refractivity contribution is 0.0515. The second kappa shape index (κ2) is 10.9. The van der Waals surface area contributed by atoms with Gasteiger partial charge in [0.2, 0.25) is 0 Å². The number of ether oxygens (including phenoxy) is 1. The molecule has 0 aliphatic carbocycles. The van der Waals surface area contributed by atoms with Gasteiger partial charge in [0.1, 0.15) is 0 Å². The summed E-state index contributed by atoms with van der Waals surface area (Å²) >= 11 is 0. The molecule has 4 heteroatoms. The number of carbonyl (C=O) groups excluding carboxylic acids is 1. The molecule has 3 nitrogen and oxygen atoms in total. The zero-order chi connectivity index (χ0) is 19.6. The van der Waals surface area contributed by atoms with Crippen LogP contribution in [0.5, 0.6) is 0 Å². The predicted molar refractivity (Wildman–Crippen MR) is 109 cm³/mol. The number of nitrogens with one attached hydrogen (secondary N) is 1. The molecule has 0 amide bonds. The Morgan fingerprint density at radius 3 is 2.44 bits per heavy atom. The van der Waals surface area contributed by atoms with Gasteiger partial charge in [0.05, 0.1) is 6.61 Å². The molecule has 0 atom stereocenters. The molecular formula is C23H32FNO2. The smallest absolute Gasteiger partial charge is 0.357 e. The van der Waals surface area contributed by atoms with Crippen LogP contribution in [0.2, 0.25) is 0 Å². The van der Waals surface area contributed by atoms with Gasteiger partial charge in [0.25, 0.3) is 0 Å². The average molecular weight is 374 g/mol. The fourth-order valence-corrected chi connectivity index (χ4v) is 3.47. The van der Waals surface area contributed by atoms with Crippen LogP contribution in [0.15, 0.2) is 24.4 Å². The number of aromatic nitrogens is 1. The van der Waals surface area contributed by atoms with Crippen molar-refractivity contribution < 1.29 is 13.9 Å². The Balaban J connectivity index is 2.03. The van der Waals surface area contributed by atoms with E-state index in [9.17, 15) is 9.18 Å². The summed E-state index contributed by atoms with van der Waals surface area (Å²) in [7, 11) is 0. The molecule has 1 N–H and O–H groups in total. The number of halogens is 1. The lowest BCUT2D eigenvalue weighted by Gasteiger charge is -2.11. The van der Waals surface area contributed by atoms with Crippen LogP contribution in [0, 0.1) is 12.7 Å². The van der Waals surface area contributed by atoms with E-state index in [1.165, 1.54) is 44.1 Å². The molecule has 27 heavy (non-hydrogen) atoms. The maximum absolute atomic E-state index is 14.7. The van der Waals surface area contributed by atoms with Crippen molar-refractivity contribution in [3.05, 3.63) is 47.0 Å². The summed E-state index contributed by atoms with van der Waals surface area (Å²) in [4.78, 5) is 14.6. The van der Waals surface area contributed by atoms with E-state index in [1.807, 2.05) is 19.1 Å². The van der Waals surface area contributed by atoms with E-state index in [4.69, 9.17) is 4.74 Å². The highest BCUT2D eigenvalue weighted by Crippen LogP contribution is 2.30. The number of rotatable bonds is 11. The molecule has 2 aromatic rings. The number of H-pyrrole nitrogens is 1. The number of aryl methyl sites for hydroxylation is 1. The molecule has 148 valence electrons. The Kier molecular flexibility index (Phi) is 8.56. The second-order valence-electron chi connectivity index (χ2n) is 7.07. The molecule has 0 fully saturated rings. The molecule has 0 radical (unpaired) electrons. The van der Waals surface area contributed by atoms with Crippen molar-refractivity contribution in [1.29, 1.82) is 0 Å². The zero-order valence-corrected chi connectivity index (χ0v) is 16.9. The molecule has 0 bridgehead atoms. The third kappa shape index (κ3) is 5.69. The summed E-state index contributed by atoms with van der Waals surface area (Å²) in [5.74, 6) is -1.19. The summed E-state index contributed by atoms with van der Waals surface area (Å²) < 4.78 is 19.6. The summed E-state index contributed by atoms with van der Waals surface area (Å²) in [6.07, 6.45) is 11.5. The molecule has 0 aliphatic rings. The standard InChI is InChI=1S/C23H32FNO2/c1-4-6-7-8-9-10-11-13-18-14-12-15-19(17(18)3)20-16-25-22(21(20)24)23(26)27-5-2/h12,14-16,25H,4-11,13H2,1-3H3. The Morgan fingerprint density at radius 2 is 1.74 bits per heavy atom. The van der Waals surface area contributed by atoms with Crippen LogP contribution in [0.1, 0.15) is 80.4 Å². The summed E-state index contributed by atoms with van der Waals surface area (Å²) in [5, 5.41) is 0. The van der Waals surface area contributed by atoms with Gasteiger partial charge in [-0.2, -0.15) is 0 Å². The molecule has 0 aliphatic heterocycles. The predicted octanol–water partition coefficient (Wildman–Crippen LogP) is 6.60. The zero-order valence-electron chi connectivity index (χ0n) is 16.9. The first-order chi connectivity index (χ1) is 13.1. The normalized spacial score (nSPS) is 11.0. The number of carbonyl (C=O) groups is 1. The van der Waals surface area contributed by atoms with Crippen LogP contribution in [-0.2, 0) is 11.2 Å². The molecule has 2 rings (SSSR count). The minimum absolute atomic E-state index is 0.108. The van der Waals surface area contributed by atoms with Crippen LogP contribution in [0.25, 0.3) is 11.1 Å². The second-order valence-corrected chi connectivity index (χ2v) is 7.07. The molecular weight excluding hydrogens is 341 g/mol. The van der Waals surface area contributed by atoms with E-state index in [0.717, 1.165) is 24.0 Å². The first-order valence-corrected chi connectivity index (χ1v) is 10.2. The Labute approximate surface area is 162 Å². The van der Waals surface area contributed by atoms with Gasteiger partial charge in [-0.25, -0.2) is 9.18 Å². The van der Waals surface area contributed by atoms with Crippen molar-refractivity contribution in [3.63, 3.8) is 0 Å². The molecule has 1 heterocycles. The number of hydrogen-bond donors (Lipinski definition) is 1. The Hall–Kier alpha value is -2.10. The highest BCUT2D eigenvalue weighted by atomic mass is 19.1. The van der Waals surface area contributed by atoms with Crippen molar-refractivity contribution in [1.82, 2.24) is 4.98 Å². The Morgan fingerprint density at radius 1 is 1.04 bits per heavy atom. The highest BCUT2D eigenvalue weighted by Gasteiger charge is 2.21. The van der Waals surface area contributed by atoms with Crippen LogP contribution < -0.4 is 0 Å². The van der Waals surface area contributed by atoms with E-state index in [2.05, 4.69) is 18.0 Å². The van der Waals surface area contributed by atoms with Gasteiger partial charge in [-0.05, 0) is 43.4 Å². The van der Waals surface area contributed by atoms with E-state index in [1.54, 1.807) is 13.1 Å². The molecule has 0 spiro atoms. The van der Waals surface area contributed by atoms with Crippen molar-refractivity contribution in [2.45, 2.75) is 72.1 Å². The lowest BCUT2D eigenvalue weighted by atomic mass is 9.94. The topological polar surface area (TPSA) is 42.1 Å². The van der Waals surface area contributed by atoms with E-state index in [-0.39, 0.29) is 12.3 Å². The summed E-state index contributed by atoms with van der Waals surface area (Å²) in [6.45, 7) is 6.19. The van der Waals surface area contributed by atoms with Gasteiger partial charge in [-0.15, -0.1) is 0 Å². The van der Waals surface area contributed by atoms with Crippen LogP contribution in [0.3, 0.4) is 0 Å². The van der Waals surface area contributed by atoms with Crippen LogP contribution in [-0.4, -0.2) is 17.6 Å². The SMILES string of the molecule is CCCCCCCCCc1cccc(-c2c[nH]c(C(=O)OCC)c2F)c1C. The molecule has 0 saturated heterocycles. The van der Waals surface area contributed by atoms with Crippen molar-refractivity contribution in [2.24, 2.45) is 0 Å². The minimum atomic E-state index is -0.655. The van der Waals surface area contributed by atoms with Gasteiger partial charge >= 0.3 is 5.97 Å². The van der Waals surface area contributed by atoms with Crippen molar-refractivity contribution in [2.75, 3.05) is 6.61 Å². The number of benzene rings is 1. The van der Waals surface area contributed by atoms with Crippen LogP contribution >= 0.6 is 0 Å². The van der Waals surface area contributed by atoms with E-state index < -0.39 is 11.8 Å². The lowest BCUT2D eigenvalue weighted by Crippen LogP contribution is -2.07. The molecule has 1 aromatic carbocycles.